The van der Waals surface area contributed by atoms with Crippen molar-refractivity contribution >= 4 is 5.91 Å². The van der Waals surface area contributed by atoms with Gasteiger partial charge in [0.1, 0.15) is 11.7 Å². The van der Waals surface area contributed by atoms with Gasteiger partial charge in [-0.3, -0.25) is 4.79 Å². The predicted octanol–water partition coefficient (Wildman–Crippen LogP) is -1.20. The maximum Gasteiger partial charge on any atom is 0.240 e. The smallest absolute Gasteiger partial charge is 0.240 e. The Morgan fingerprint density at radius 3 is 3.06 bits per heavy atom. The number of nitrogens with two attached hydrogens (primary N) is 1. The van der Waals surface area contributed by atoms with Gasteiger partial charge in [-0.2, -0.15) is 0 Å². The van der Waals surface area contributed by atoms with Gasteiger partial charge in [0.25, 0.3) is 0 Å². The van der Waals surface area contributed by atoms with Gasteiger partial charge in [0, 0.05) is 0 Å². The molecular weight excluding hydrogens is 210 g/mol. The van der Waals surface area contributed by atoms with Gasteiger partial charge in [-0.25, -0.2) is 4.68 Å². The van der Waals surface area contributed by atoms with E-state index in [2.05, 4.69) is 15.6 Å². The Hall–Kier alpha value is -1.47. The van der Waals surface area contributed by atoms with Crippen LogP contribution in [0.5, 0.6) is 0 Å². The van der Waals surface area contributed by atoms with Gasteiger partial charge < -0.3 is 16.2 Å². The molecular formula is C9H17N5O2. The van der Waals surface area contributed by atoms with E-state index in [1.165, 1.54) is 4.68 Å². The van der Waals surface area contributed by atoms with Gasteiger partial charge in [-0.05, 0) is 13.0 Å². The first-order valence-electron chi connectivity index (χ1n) is 5.22. The summed E-state index contributed by atoms with van der Waals surface area (Å²) in [4.78, 5) is 11.2. The normalized spacial score (nSPS) is 12.6. The average molecular weight is 227 g/mol. The predicted molar refractivity (Wildman–Crippen MR) is 57.3 cm³/mol. The van der Waals surface area contributed by atoms with Gasteiger partial charge in [-0.1, -0.05) is 12.1 Å². The van der Waals surface area contributed by atoms with Gasteiger partial charge in [0.2, 0.25) is 5.91 Å². The molecule has 1 aromatic heterocycles. The Kier molecular flexibility index (Phi) is 4.87. The molecule has 0 aliphatic carbocycles. The van der Waals surface area contributed by atoms with E-state index >= 15 is 0 Å². The number of hydrogen-bond acceptors (Lipinski definition) is 5. The van der Waals surface area contributed by atoms with Crippen molar-refractivity contribution in [2.45, 2.75) is 25.9 Å². The minimum atomic E-state index is -0.618. The Morgan fingerprint density at radius 1 is 1.75 bits per heavy atom. The van der Waals surface area contributed by atoms with Crippen LogP contribution in [0.25, 0.3) is 0 Å². The van der Waals surface area contributed by atoms with Gasteiger partial charge in [0.15, 0.2) is 0 Å². The molecule has 0 aromatic carbocycles. The van der Waals surface area contributed by atoms with E-state index in [1.807, 2.05) is 6.92 Å². The molecule has 7 nitrogen and oxygen atoms in total. The first kappa shape index (κ1) is 12.6. The Bertz CT molecular complexity index is 338. The first-order chi connectivity index (χ1) is 7.69. The maximum atomic E-state index is 11.2. The van der Waals surface area contributed by atoms with Gasteiger partial charge in [-0.15, -0.1) is 5.10 Å². The molecule has 1 heterocycles. The monoisotopic (exact) mass is 227 g/mol. The molecule has 0 spiro atoms. The lowest BCUT2D eigenvalue weighted by atomic mass is 10.2. The van der Waals surface area contributed by atoms with Crippen LogP contribution in [0.4, 0.5) is 0 Å². The molecule has 90 valence electrons. The number of nitrogens with zero attached hydrogens (tertiary/aromatic N) is 3. The second-order valence-electron chi connectivity index (χ2n) is 3.42. The lowest BCUT2D eigenvalue weighted by Crippen LogP contribution is -2.34. The van der Waals surface area contributed by atoms with Crippen LogP contribution in [-0.4, -0.2) is 39.2 Å². The molecule has 0 aliphatic heterocycles. The molecule has 0 saturated heterocycles. The maximum absolute atomic E-state index is 11.2. The number of rotatable bonds is 7. The summed E-state index contributed by atoms with van der Waals surface area (Å²) in [6, 6.07) is -0.618. The van der Waals surface area contributed by atoms with E-state index in [4.69, 9.17) is 10.8 Å². The van der Waals surface area contributed by atoms with Crippen LogP contribution in [-0.2, 0) is 11.3 Å². The Morgan fingerprint density at radius 2 is 2.50 bits per heavy atom. The molecule has 1 rings (SSSR count). The number of hydrogen-bond donors (Lipinski definition) is 3. The summed E-state index contributed by atoms with van der Waals surface area (Å²) in [7, 11) is 0. The van der Waals surface area contributed by atoms with Crippen LogP contribution in [0, 0.1) is 0 Å². The summed E-state index contributed by atoms with van der Waals surface area (Å²) in [5.74, 6) is -0.482. The summed E-state index contributed by atoms with van der Waals surface area (Å²) in [5, 5.41) is 19.3. The van der Waals surface area contributed by atoms with Crippen molar-refractivity contribution in [1.29, 1.82) is 0 Å². The molecule has 0 saturated carbocycles. The highest BCUT2D eigenvalue weighted by molar-refractivity contribution is 5.80. The number of amides is 1. The van der Waals surface area contributed by atoms with Crippen molar-refractivity contribution in [3.05, 3.63) is 11.9 Å². The van der Waals surface area contributed by atoms with E-state index in [0.717, 1.165) is 6.42 Å². The van der Waals surface area contributed by atoms with E-state index in [0.29, 0.717) is 18.8 Å². The third kappa shape index (κ3) is 3.28. The number of carbonyl (C=O) groups is 1. The number of nitrogens with one attached hydrogen (secondary N) is 1. The van der Waals surface area contributed by atoms with E-state index in [1.54, 1.807) is 6.20 Å². The molecule has 0 aliphatic rings. The molecule has 1 atom stereocenters. The highest BCUT2D eigenvalue weighted by atomic mass is 16.3. The first-order valence-corrected chi connectivity index (χ1v) is 5.22. The van der Waals surface area contributed by atoms with Crippen LogP contribution in [0.3, 0.4) is 0 Å². The number of aliphatic hydroxyl groups excluding tert-OH is 1. The molecule has 1 aromatic rings. The second kappa shape index (κ2) is 6.19. The molecule has 1 amide bonds. The van der Waals surface area contributed by atoms with Crippen LogP contribution in [0.1, 0.15) is 25.1 Å². The number of carbonyl (C=O) groups excluding carboxylic acids is 1. The molecule has 0 radical (unpaired) electrons. The minimum absolute atomic E-state index is 0.0214. The quantitative estimate of drug-likeness (QED) is 0.542. The fourth-order valence-corrected chi connectivity index (χ4v) is 1.30. The Labute approximate surface area is 93.6 Å². The molecule has 0 bridgehead atoms. The summed E-state index contributed by atoms with van der Waals surface area (Å²) < 4.78 is 1.47. The van der Waals surface area contributed by atoms with Gasteiger partial charge >= 0.3 is 0 Å². The Balaban J connectivity index is 2.71. The van der Waals surface area contributed by atoms with Crippen LogP contribution < -0.4 is 11.1 Å². The van der Waals surface area contributed by atoms with Gasteiger partial charge in [0.05, 0.1) is 19.3 Å². The highest BCUT2D eigenvalue weighted by Crippen LogP contribution is 2.08. The number of aliphatic hydroxyl groups is 1. The van der Waals surface area contributed by atoms with E-state index in [-0.39, 0.29) is 6.61 Å². The lowest BCUT2D eigenvalue weighted by molar-refractivity contribution is -0.120. The van der Waals surface area contributed by atoms with E-state index < -0.39 is 11.9 Å². The summed E-state index contributed by atoms with van der Waals surface area (Å²) >= 11 is 0. The molecule has 0 fully saturated rings. The fraction of sp³-hybridized carbons (Fsp3) is 0.667. The highest BCUT2D eigenvalue weighted by Gasteiger charge is 2.20. The SMILES string of the molecule is CCCNC(C(N)=O)c1cn(CCO)nn1. The lowest BCUT2D eigenvalue weighted by Gasteiger charge is -2.11. The standard InChI is InChI=1S/C9H17N5O2/c1-2-3-11-8(9(10)16)7-6-14(4-5-15)13-12-7/h6,8,11,15H,2-5H2,1H3,(H2,10,16). The zero-order chi connectivity index (χ0) is 12.0. The number of primary amides is 1. The van der Waals surface area contributed by atoms with Crippen LogP contribution in [0.15, 0.2) is 6.20 Å². The zero-order valence-electron chi connectivity index (χ0n) is 9.26. The van der Waals surface area contributed by atoms with Crippen LogP contribution in [0.2, 0.25) is 0 Å². The molecule has 7 heteroatoms. The second-order valence-corrected chi connectivity index (χ2v) is 3.42. The third-order valence-corrected chi connectivity index (χ3v) is 2.06. The average Bonchev–Trinajstić information content (AvgIpc) is 2.67. The minimum Gasteiger partial charge on any atom is -0.394 e. The summed E-state index contributed by atoms with van der Waals surface area (Å²) in [6.45, 7) is 3.01. The molecule has 4 N–H and O–H groups in total. The summed E-state index contributed by atoms with van der Waals surface area (Å²) in [6.07, 6.45) is 2.50. The molecule has 16 heavy (non-hydrogen) atoms. The van der Waals surface area contributed by atoms with Crippen LogP contribution >= 0.6 is 0 Å². The fourth-order valence-electron chi connectivity index (χ4n) is 1.30. The van der Waals surface area contributed by atoms with Crippen molar-refractivity contribution in [2.24, 2.45) is 5.73 Å². The summed E-state index contributed by atoms with van der Waals surface area (Å²) in [5.41, 5.74) is 5.75. The van der Waals surface area contributed by atoms with Crippen molar-refractivity contribution in [1.82, 2.24) is 20.3 Å². The number of aromatic nitrogens is 3. The van der Waals surface area contributed by atoms with E-state index in [9.17, 15) is 4.79 Å². The zero-order valence-corrected chi connectivity index (χ0v) is 9.26. The topological polar surface area (TPSA) is 106 Å². The molecule has 1 unspecified atom stereocenters. The third-order valence-electron chi connectivity index (χ3n) is 2.06. The van der Waals surface area contributed by atoms with Crippen molar-refractivity contribution in [3.8, 4) is 0 Å². The van der Waals surface area contributed by atoms with Crippen molar-refractivity contribution < 1.29 is 9.90 Å². The largest absolute Gasteiger partial charge is 0.394 e. The van der Waals surface area contributed by atoms with Crippen molar-refractivity contribution in [3.63, 3.8) is 0 Å². The van der Waals surface area contributed by atoms with Crippen molar-refractivity contribution in [2.75, 3.05) is 13.2 Å².